The first-order chi connectivity index (χ1) is 16.3. The molecule has 7 nitrogen and oxygen atoms in total. The summed E-state index contributed by atoms with van der Waals surface area (Å²) in [7, 11) is -3.38. The first kappa shape index (κ1) is 21.9. The summed E-state index contributed by atoms with van der Waals surface area (Å²) in [5.41, 5.74) is 5.34. The highest BCUT2D eigenvalue weighted by Crippen LogP contribution is 2.27. The first-order valence-corrected chi connectivity index (χ1v) is 12.8. The van der Waals surface area contributed by atoms with Crippen molar-refractivity contribution in [1.29, 1.82) is 0 Å². The Morgan fingerprint density at radius 3 is 2.26 bits per heavy atom. The molecule has 0 fully saturated rings. The maximum absolute atomic E-state index is 12.7. The minimum atomic E-state index is -3.38. The van der Waals surface area contributed by atoms with E-state index in [9.17, 15) is 18.0 Å². The lowest BCUT2D eigenvalue weighted by molar-refractivity contribution is 0.0656. The number of amides is 2. The Bertz CT molecular complexity index is 1500. The summed E-state index contributed by atoms with van der Waals surface area (Å²) in [6.07, 6.45) is 4.13. The number of rotatable bonds is 7. The Hall–Kier alpha value is -3.91. The van der Waals surface area contributed by atoms with Gasteiger partial charge in [-0.25, -0.2) is 8.42 Å². The van der Waals surface area contributed by atoms with Crippen molar-refractivity contribution in [3.05, 3.63) is 101 Å². The lowest BCUT2D eigenvalue weighted by Gasteiger charge is -2.13. The number of H-pyrrole nitrogens is 1. The third-order valence-electron chi connectivity index (χ3n) is 6.02. The van der Waals surface area contributed by atoms with E-state index < -0.39 is 10.0 Å². The van der Waals surface area contributed by atoms with E-state index in [0.717, 1.165) is 33.8 Å². The number of aromatic nitrogens is 1. The molecule has 2 heterocycles. The van der Waals surface area contributed by atoms with Crippen molar-refractivity contribution in [1.82, 2.24) is 9.88 Å². The molecule has 1 aromatic heterocycles. The Labute approximate surface area is 197 Å². The molecular formula is C26H23N3O4S. The van der Waals surface area contributed by atoms with E-state index in [0.29, 0.717) is 36.2 Å². The molecule has 0 spiro atoms. The number of carbonyl (C=O) groups is 2. The molecule has 1 aliphatic heterocycles. The van der Waals surface area contributed by atoms with Gasteiger partial charge in [-0.2, -0.15) is 0 Å². The van der Waals surface area contributed by atoms with Crippen LogP contribution >= 0.6 is 0 Å². The number of imide groups is 1. The van der Waals surface area contributed by atoms with Gasteiger partial charge in [0, 0.05) is 23.6 Å². The van der Waals surface area contributed by atoms with Crippen LogP contribution in [0.25, 0.3) is 10.9 Å². The zero-order valence-corrected chi connectivity index (χ0v) is 19.4. The van der Waals surface area contributed by atoms with Crippen molar-refractivity contribution >= 4 is 38.4 Å². The van der Waals surface area contributed by atoms with Gasteiger partial charge >= 0.3 is 0 Å². The van der Waals surface area contributed by atoms with E-state index in [-0.39, 0.29) is 11.8 Å². The van der Waals surface area contributed by atoms with Crippen LogP contribution in [0, 0.1) is 0 Å². The van der Waals surface area contributed by atoms with E-state index in [1.54, 1.807) is 36.4 Å². The smallest absolute Gasteiger partial charge is 0.261 e. The molecule has 8 heteroatoms. The zero-order valence-electron chi connectivity index (χ0n) is 18.5. The molecule has 0 aliphatic carbocycles. The Kier molecular flexibility index (Phi) is 5.45. The number of nitrogens with one attached hydrogen (secondary N) is 2. The molecule has 34 heavy (non-hydrogen) atoms. The Morgan fingerprint density at radius 1 is 0.882 bits per heavy atom. The van der Waals surface area contributed by atoms with Crippen LogP contribution in [0.3, 0.4) is 0 Å². The number of aromatic amines is 1. The van der Waals surface area contributed by atoms with Crippen molar-refractivity contribution in [3.63, 3.8) is 0 Å². The minimum Gasteiger partial charge on any atom is -0.361 e. The zero-order chi connectivity index (χ0) is 23.9. The van der Waals surface area contributed by atoms with Crippen LogP contribution in [-0.4, -0.2) is 42.9 Å². The van der Waals surface area contributed by atoms with Gasteiger partial charge in [-0.05, 0) is 59.9 Å². The maximum atomic E-state index is 12.7. The van der Waals surface area contributed by atoms with Crippen LogP contribution < -0.4 is 4.72 Å². The normalized spacial score (nSPS) is 13.5. The van der Waals surface area contributed by atoms with E-state index >= 15 is 0 Å². The van der Waals surface area contributed by atoms with Crippen molar-refractivity contribution in [2.24, 2.45) is 0 Å². The standard InChI is InChI=1S/C26H23N3O4S/c1-34(32,33)28-23-9-5-2-6-18(23)14-17-10-11-24-22(15-17)19(16-27-24)12-13-29-25(30)20-7-3-4-8-21(20)26(29)31/h2-11,15-16,27-28H,12-14H2,1H3. The fourth-order valence-electron chi connectivity index (χ4n) is 4.41. The highest BCUT2D eigenvalue weighted by molar-refractivity contribution is 7.92. The first-order valence-electron chi connectivity index (χ1n) is 10.9. The number of anilines is 1. The van der Waals surface area contributed by atoms with E-state index in [1.165, 1.54) is 4.90 Å². The predicted molar refractivity (Wildman–Crippen MR) is 132 cm³/mol. The Balaban J connectivity index is 1.37. The lowest BCUT2D eigenvalue weighted by atomic mass is 10.0. The van der Waals surface area contributed by atoms with Crippen molar-refractivity contribution in [3.8, 4) is 0 Å². The molecule has 0 atom stereocenters. The largest absolute Gasteiger partial charge is 0.361 e. The summed E-state index contributed by atoms with van der Waals surface area (Å²) in [6.45, 7) is 0.296. The molecule has 5 rings (SSSR count). The van der Waals surface area contributed by atoms with Gasteiger partial charge in [-0.15, -0.1) is 0 Å². The van der Waals surface area contributed by atoms with Gasteiger partial charge in [0.15, 0.2) is 0 Å². The maximum Gasteiger partial charge on any atom is 0.261 e. The highest BCUT2D eigenvalue weighted by atomic mass is 32.2. The number of para-hydroxylation sites is 1. The third kappa shape index (κ3) is 4.20. The van der Waals surface area contributed by atoms with Crippen LogP contribution in [0.2, 0.25) is 0 Å². The molecule has 4 aromatic rings. The third-order valence-corrected chi connectivity index (χ3v) is 6.61. The number of hydrogen-bond acceptors (Lipinski definition) is 4. The average Bonchev–Trinajstić information content (AvgIpc) is 3.31. The van der Waals surface area contributed by atoms with E-state index in [4.69, 9.17) is 0 Å². The number of benzene rings is 3. The predicted octanol–water partition coefficient (Wildman–Crippen LogP) is 3.97. The second-order valence-corrected chi connectivity index (χ2v) is 10.2. The molecule has 0 radical (unpaired) electrons. The van der Waals surface area contributed by atoms with Gasteiger partial charge in [0.25, 0.3) is 11.8 Å². The van der Waals surface area contributed by atoms with Crippen molar-refractivity contribution in [2.75, 3.05) is 17.5 Å². The molecule has 0 saturated carbocycles. The summed E-state index contributed by atoms with van der Waals surface area (Å²) >= 11 is 0. The van der Waals surface area contributed by atoms with Gasteiger partial charge in [-0.3, -0.25) is 19.2 Å². The van der Waals surface area contributed by atoms with Crippen LogP contribution in [0.1, 0.15) is 37.4 Å². The van der Waals surface area contributed by atoms with Gasteiger partial charge in [0.1, 0.15) is 0 Å². The van der Waals surface area contributed by atoms with Gasteiger partial charge < -0.3 is 4.98 Å². The molecule has 0 bridgehead atoms. The number of hydrogen-bond donors (Lipinski definition) is 2. The summed E-state index contributed by atoms with van der Waals surface area (Å²) in [5, 5.41) is 1.02. The minimum absolute atomic E-state index is 0.254. The quantitative estimate of drug-likeness (QED) is 0.397. The van der Waals surface area contributed by atoms with Crippen LogP contribution in [0.15, 0.2) is 72.9 Å². The second kappa shape index (κ2) is 8.46. The topological polar surface area (TPSA) is 99.3 Å². The van der Waals surface area contributed by atoms with Crippen LogP contribution in [0.4, 0.5) is 5.69 Å². The summed E-state index contributed by atoms with van der Waals surface area (Å²) < 4.78 is 26.0. The summed E-state index contributed by atoms with van der Waals surface area (Å²) in [4.78, 5) is 29.9. The number of carbonyl (C=O) groups excluding carboxylic acids is 2. The molecule has 172 valence electrons. The van der Waals surface area contributed by atoms with Crippen LogP contribution in [-0.2, 0) is 22.9 Å². The fourth-order valence-corrected chi connectivity index (χ4v) is 5.01. The monoisotopic (exact) mass is 473 g/mol. The Morgan fingerprint density at radius 2 is 1.56 bits per heavy atom. The molecular weight excluding hydrogens is 450 g/mol. The van der Waals surface area contributed by atoms with E-state index in [1.807, 2.05) is 30.5 Å². The number of fused-ring (bicyclic) bond motifs is 2. The van der Waals surface area contributed by atoms with Crippen molar-refractivity contribution in [2.45, 2.75) is 12.8 Å². The lowest BCUT2D eigenvalue weighted by Crippen LogP contribution is -2.31. The van der Waals surface area contributed by atoms with E-state index in [2.05, 4.69) is 15.8 Å². The SMILES string of the molecule is CS(=O)(=O)Nc1ccccc1Cc1ccc2[nH]cc(CCN3C(=O)c4ccccc4C3=O)c2c1. The van der Waals surface area contributed by atoms with Crippen molar-refractivity contribution < 1.29 is 18.0 Å². The molecule has 2 amide bonds. The summed E-state index contributed by atoms with van der Waals surface area (Å²) in [5.74, 6) is -0.507. The molecule has 1 aliphatic rings. The fraction of sp³-hybridized carbons (Fsp3) is 0.154. The average molecular weight is 474 g/mol. The summed E-state index contributed by atoms with van der Waals surface area (Å²) in [6, 6.07) is 20.3. The van der Waals surface area contributed by atoms with Gasteiger partial charge in [0.2, 0.25) is 10.0 Å². The molecule has 2 N–H and O–H groups in total. The number of nitrogens with zero attached hydrogens (tertiary/aromatic N) is 1. The molecule has 3 aromatic carbocycles. The molecule has 0 saturated heterocycles. The second-order valence-electron chi connectivity index (χ2n) is 8.46. The highest BCUT2D eigenvalue weighted by Gasteiger charge is 2.34. The van der Waals surface area contributed by atoms with Crippen LogP contribution in [0.5, 0.6) is 0 Å². The number of sulfonamides is 1. The van der Waals surface area contributed by atoms with Gasteiger partial charge in [-0.1, -0.05) is 36.4 Å². The molecule has 0 unspecified atom stereocenters. The van der Waals surface area contributed by atoms with Gasteiger partial charge in [0.05, 0.1) is 23.1 Å².